The summed E-state index contributed by atoms with van der Waals surface area (Å²) in [6.07, 6.45) is 0. The fraction of sp³-hybridized carbons (Fsp3) is 0.667. The minimum absolute atomic E-state index is 0.0556. The smallest absolute Gasteiger partial charge is 0.287 e. The molecule has 0 bridgehead atoms. The van der Waals surface area contributed by atoms with Crippen molar-refractivity contribution in [2.24, 2.45) is 5.92 Å². The van der Waals surface area contributed by atoms with Crippen LogP contribution in [0.1, 0.15) is 13.8 Å². The van der Waals surface area contributed by atoms with E-state index in [1.807, 2.05) is 13.8 Å². The van der Waals surface area contributed by atoms with Crippen molar-refractivity contribution in [1.29, 1.82) is 0 Å². The number of hydrogen-bond donors (Lipinski definition) is 1. The van der Waals surface area contributed by atoms with Crippen LogP contribution in [-0.2, 0) is 4.79 Å². The van der Waals surface area contributed by atoms with Crippen LogP contribution in [0, 0.1) is 5.92 Å². The third kappa shape index (κ3) is 1.31. The predicted octanol–water partition coefficient (Wildman–Crippen LogP) is 0.994. The number of amides is 1. The number of hydrogen-bond acceptors (Lipinski definition) is 3. The van der Waals surface area contributed by atoms with Gasteiger partial charge in [0.05, 0.1) is 0 Å². The maximum atomic E-state index is 10.9. The normalized spacial score (nSPS) is 25.7. The van der Waals surface area contributed by atoms with E-state index in [1.54, 1.807) is 0 Å². The molecular weight excluding hydrogens is 150 g/mol. The lowest BCUT2D eigenvalue weighted by Gasteiger charge is -2.09. The van der Waals surface area contributed by atoms with E-state index in [4.69, 9.17) is 0 Å². The molecular formula is C6H9NO2S. The van der Waals surface area contributed by atoms with Crippen molar-refractivity contribution >= 4 is 22.1 Å². The molecule has 1 heterocycles. The van der Waals surface area contributed by atoms with Gasteiger partial charge >= 0.3 is 0 Å². The zero-order valence-corrected chi connectivity index (χ0v) is 6.70. The van der Waals surface area contributed by atoms with E-state index in [0.717, 1.165) is 11.8 Å². The van der Waals surface area contributed by atoms with Gasteiger partial charge < -0.3 is 5.32 Å². The van der Waals surface area contributed by atoms with Crippen LogP contribution in [0.25, 0.3) is 0 Å². The molecule has 1 aliphatic heterocycles. The molecule has 0 saturated carbocycles. The third-order valence-corrected chi connectivity index (χ3v) is 2.15. The van der Waals surface area contributed by atoms with Crippen LogP contribution < -0.4 is 5.32 Å². The second-order valence-corrected chi connectivity index (χ2v) is 3.55. The van der Waals surface area contributed by atoms with E-state index in [9.17, 15) is 9.59 Å². The second-order valence-electron chi connectivity index (χ2n) is 2.57. The monoisotopic (exact) mass is 159 g/mol. The molecule has 1 saturated heterocycles. The van der Waals surface area contributed by atoms with Crippen molar-refractivity contribution in [3.8, 4) is 0 Å². The Hall–Kier alpha value is -0.510. The van der Waals surface area contributed by atoms with Gasteiger partial charge in [-0.15, -0.1) is 0 Å². The zero-order chi connectivity index (χ0) is 7.72. The van der Waals surface area contributed by atoms with Crippen LogP contribution >= 0.6 is 11.8 Å². The van der Waals surface area contributed by atoms with Gasteiger partial charge in [-0.25, -0.2) is 0 Å². The Morgan fingerprint density at radius 3 is 2.30 bits per heavy atom. The molecule has 1 amide bonds. The first-order valence-electron chi connectivity index (χ1n) is 3.13. The number of rotatable bonds is 1. The van der Waals surface area contributed by atoms with E-state index in [0.29, 0.717) is 0 Å². The summed E-state index contributed by atoms with van der Waals surface area (Å²) in [5.41, 5.74) is 0. The molecule has 1 aliphatic rings. The molecule has 0 aromatic heterocycles. The molecule has 0 aromatic rings. The molecule has 4 heteroatoms. The van der Waals surface area contributed by atoms with Crippen LogP contribution in [0.5, 0.6) is 0 Å². The van der Waals surface area contributed by atoms with Crippen molar-refractivity contribution < 1.29 is 9.59 Å². The Bertz CT molecular complexity index is 179. The molecule has 10 heavy (non-hydrogen) atoms. The molecule has 0 unspecified atom stereocenters. The summed E-state index contributed by atoms with van der Waals surface area (Å²) in [6.45, 7) is 3.82. The Balaban J connectivity index is 2.63. The lowest BCUT2D eigenvalue weighted by atomic mass is 10.1. The highest BCUT2D eigenvalue weighted by atomic mass is 32.2. The fourth-order valence-corrected chi connectivity index (χ4v) is 1.64. The third-order valence-electron chi connectivity index (χ3n) is 1.39. The molecule has 3 nitrogen and oxygen atoms in total. The molecule has 0 aromatic carbocycles. The summed E-state index contributed by atoms with van der Waals surface area (Å²) < 4.78 is 0. The molecule has 1 N–H and O–H groups in total. The molecule has 0 aliphatic carbocycles. The first-order valence-corrected chi connectivity index (χ1v) is 3.95. The summed E-state index contributed by atoms with van der Waals surface area (Å²) in [7, 11) is 0. The molecule has 1 fully saturated rings. The molecule has 1 rings (SSSR count). The van der Waals surface area contributed by atoms with Crippen molar-refractivity contribution in [3.63, 3.8) is 0 Å². The van der Waals surface area contributed by atoms with Gasteiger partial charge in [0.2, 0.25) is 5.12 Å². The Kier molecular flexibility index (Phi) is 1.99. The fourth-order valence-electron chi connectivity index (χ4n) is 0.809. The van der Waals surface area contributed by atoms with Gasteiger partial charge in [-0.2, -0.15) is 0 Å². The average molecular weight is 159 g/mol. The van der Waals surface area contributed by atoms with Gasteiger partial charge in [0.1, 0.15) is 6.04 Å². The second kappa shape index (κ2) is 2.62. The lowest BCUT2D eigenvalue weighted by molar-refractivity contribution is -0.112. The van der Waals surface area contributed by atoms with Crippen LogP contribution in [-0.4, -0.2) is 16.4 Å². The molecule has 56 valence electrons. The first kappa shape index (κ1) is 7.60. The largest absolute Gasteiger partial charge is 0.336 e. The van der Waals surface area contributed by atoms with E-state index >= 15 is 0 Å². The van der Waals surface area contributed by atoms with Gasteiger partial charge in [0, 0.05) is 11.8 Å². The van der Waals surface area contributed by atoms with Crippen LogP contribution in [0.15, 0.2) is 0 Å². The predicted molar refractivity (Wildman–Crippen MR) is 39.8 cm³/mol. The molecule has 0 radical (unpaired) electrons. The standard InChI is InChI=1S/C6H9NO2S/c1-3(2)4-5(8)10-6(9)7-4/h3-4H,1-2H3,(H,7,9)/t4-/m0/s1. The number of thioether (sulfide) groups is 1. The van der Waals surface area contributed by atoms with E-state index < -0.39 is 0 Å². The minimum atomic E-state index is -0.266. The van der Waals surface area contributed by atoms with E-state index in [1.165, 1.54) is 0 Å². The maximum Gasteiger partial charge on any atom is 0.287 e. The highest BCUT2D eigenvalue weighted by Crippen LogP contribution is 2.20. The van der Waals surface area contributed by atoms with Gasteiger partial charge in [0.15, 0.2) is 0 Å². The SMILES string of the molecule is CC(C)[C@@H]1NC(=O)SC1=O. The summed E-state index contributed by atoms with van der Waals surface area (Å²) in [6, 6.07) is -0.266. The Morgan fingerprint density at radius 1 is 1.50 bits per heavy atom. The first-order chi connectivity index (χ1) is 4.61. The topological polar surface area (TPSA) is 46.2 Å². The number of carbonyl (C=O) groups is 2. The quantitative estimate of drug-likeness (QED) is 0.620. The lowest BCUT2D eigenvalue weighted by Crippen LogP contribution is -2.33. The summed E-state index contributed by atoms with van der Waals surface area (Å²) in [5.74, 6) is 0.200. The van der Waals surface area contributed by atoms with Crippen molar-refractivity contribution in [2.45, 2.75) is 19.9 Å². The summed E-state index contributed by atoms with van der Waals surface area (Å²) in [5, 5.41) is 2.30. The maximum absolute atomic E-state index is 10.9. The average Bonchev–Trinajstić information content (AvgIpc) is 2.10. The van der Waals surface area contributed by atoms with Gasteiger partial charge in [0.25, 0.3) is 5.24 Å². The van der Waals surface area contributed by atoms with Crippen molar-refractivity contribution in [3.05, 3.63) is 0 Å². The van der Waals surface area contributed by atoms with Crippen LogP contribution in [0.4, 0.5) is 4.79 Å². The zero-order valence-electron chi connectivity index (χ0n) is 5.88. The van der Waals surface area contributed by atoms with Crippen LogP contribution in [0.2, 0.25) is 0 Å². The summed E-state index contributed by atoms with van der Waals surface area (Å²) in [4.78, 5) is 21.5. The highest BCUT2D eigenvalue weighted by Gasteiger charge is 2.33. The van der Waals surface area contributed by atoms with E-state index in [-0.39, 0.29) is 22.3 Å². The Morgan fingerprint density at radius 2 is 2.10 bits per heavy atom. The van der Waals surface area contributed by atoms with Gasteiger partial charge in [-0.3, -0.25) is 9.59 Å². The van der Waals surface area contributed by atoms with Crippen molar-refractivity contribution in [2.75, 3.05) is 0 Å². The van der Waals surface area contributed by atoms with E-state index in [2.05, 4.69) is 5.32 Å². The van der Waals surface area contributed by atoms with Gasteiger partial charge in [-0.1, -0.05) is 13.8 Å². The van der Waals surface area contributed by atoms with Crippen LogP contribution in [0.3, 0.4) is 0 Å². The minimum Gasteiger partial charge on any atom is -0.336 e. The number of carbonyl (C=O) groups excluding carboxylic acids is 2. The molecule has 0 spiro atoms. The molecule has 1 atom stereocenters. The highest BCUT2D eigenvalue weighted by molar-refractivity contribution is 8.26. The Labute approximate surface area is 63.6 Å². The van der Waals surface area contributed by atoms with Crippen molar-refractivity contribution in [1.82, 2.24) is 5.32 Å². The number of nitrogens with one attached hydrogen (secondary N) is 1. The summed E-state index contributed by atoms with van der Waals surface area (Å²) >= 11 is 0.768. The van der Waals surface area contributed by atoms with Gasteiger partial charge in [-0.05, 0) is 5.92 Å².